The average Bonchev–Trinajstić information content (AvgIpc) is 2.45. The number of nitrogens with zero attached hydrogens (tertiary/aromatic N) is 2. The van der Waals surface area contributed by atoms with Crippen LogP contribution in [0.3, 0.4) is 0 Å². The zero-order chi connectivity index (χ0) is 14.7. The van der Waals surface area contributed by atoms with Gasteiger partial charge in [-0.2, -0.15) is 0 Å². The van der Waals surface area contributed by atoms with Crippen LogP contribution in [-0.4, -0.2) is 34.2 Å². The highest BCUT2D eigenvalue weighted by atomic mass is 35.5. The molecule has 5 nitrogen and oxygen atoms in total. The molecule has 1 unspecified atom stereocenters. The van der Waals surface area contributed by atoms with Crippen LogP contribution >= 0.6 is 11.6 Å². The normalized spacial score (nSPS) is 18.9. The van der Waals surface area contributed by atoms with Gasteiger partial charge in [0.2, 0.25) is 0 Å². The number of carbonyl (C=O) groups excluding carboxylic acids is 1. The number of alkyl halides is 1. The molecule has 0 aromatic heterocycles. The molecule has 0 aliphatic carbocycles. The summed E-state index contributed by atoms with van der Waals surface area (Å²) in [5.41, 5.74) is 1.03. The van der Waals surface area contributed by atoms with Gasteiger partial charge >= 0.3 is 0 Å². The maximum atomic E-state index is 12.5. The molecule has 6 heteroatoms. The molecule has 0 bridgehead atoms. The lowest BCUT2D eigenvalue weighted by molar-refractivity contribution is -0.384. The molecule has 108 valence electrons. The van der Waals surface area contributed by atoms with Crippen molar-refractivity contribution in [1.82, 2.24) is 4.90 Å². The van der Waals surface area contributed by atoms with E-state index in [1.54, 1.807) is 17.9 Å². The molecule has 1 aliphatic rings. The molecule has 2 rings (SSSR count). The minimum Gasteiger partial charge on any atom is -0.334 e. The van der Waals surface area contributed by atoms with Crippen molar-refractivity contribution < 1.29 is 9.72 Å². The van der Waals surface area contributed by atoms with E-state index in [4.69, 9.17) is 11.6 Å². The standard InChI is InChI=1S/C14H17ClN2O3/c1-10-6-11(8-13(7-10)17(19)20)14(18)16-5-3-2-4-12(16)9-15/h6-8,12H,2-5,9H2,1H3. The lowest BCUT2D eigenvalue weighted by Gasteiger charge is -2.34. The molecule has 1 aromatic rings. The van der Waals surface area contributed by atoms with E-state index in [1.807, 2.05) is 0 Å². The fourth-order valence-electron chi connectivity index (χ4n) is 2.59. The number of amides is 1. The number of hydrogen-bond acceptors (Lipinski definition) is 3. The smallest absolute Gasteiger partial charge is 0.270 e. The molecule has 1 fully saturated rings. The van der Waals surface area contributed by atoms with Crippen molar-refractivity contribution in [2.45, 2.75) is 32.2 Å². The second-order valence-corrected chi connectivity index (χ2v) is 5.43. The monoisotopic (exact) mass is 296 g/mol. The molecule has 20 heavy (non-hydrogen) atoms. The summed E-state index contributed by atoms with van der Waals surface area (Å²) in [4.78, 5) is 24.7. The number of non-ortho nitro benzene ring substituents is 1. The van der Waals surface area contributed by atoms with E-state index in [9.17, 15) is 14.9 Å². The van der Waals surface area contributed by atoms with Crippen LogP contribution in [-0.2, 0) is 0 Å². The Morgan fingerprint density at radius 3 is 2.85 bits per heavy atom. The molecule has 1 aromatic carbocycles. The van der Waals surface area contributed by atoms with Crippen LogP contribution in [0.5, 0.6) is 0 Å². The van der Waals surface area contributed by atoms with Gasteiger partial charge in [0.05, 0.1) is 4.92 Å². The highest BCUT2D eigenvalue weighted by Crippen LogP contribution is 2.23. The zero-order valence-corrected chi connectivity index (χ0v) is 12.1. The predicted octanol–water partition coefficient (Wildman–Crippen LogP) is 3.14. The fraction of sp³-hybridized carbons (Fsp3) is 0.500. The summed E-state index contributed by atoms with van der Waals surface area (Å²) in [6.07, 6.45) is 2.91. The molecule has 0 N–H and O–H groups in total. The van der Waals surface area contributed by atoms with Crippen molar-refractivity contribution in [2.24, 2.45) is 0 Å². The van der Waals surface area contributed by atoms with Gasteiger partial charge in [0.15, 0.2) is 0 Å². The van der Waals surface area contributed by atoms with E-state index >= 15 is 0 Å². The van der Waals surface area contributed by atoms with Crippen LogP contribution in [0.15, 0.2) is 18.2 Å². The van der Waals surface area contributed by atoms with Crippen LogP contribution in [0.4, 0.5) is 5.69 Å². The van der Waals surface area contributed by atoms with Gasteiger partial charge in [-0.25, -0.2) is 0 Å². The van der Waals surface area contributed by atoms with Crippen molar-refractivity contribution in [3.05, 3.63) is 39.4 Å². The summed E-state index contributed by atoms with van der Waals surface area (Å²) >= 11 is 5.92. The summed E-state index contributed by atoms with van der Waals surface area (Å²) < 4.78 is 0. The van der Waals surface area contributed by atoms with Gasteiger partial charge in [-0.15, -0.1) is 11.6 Å². The van der Waals surface area contributed by atoms with Gasteiger partial charge in [-0.1, -0.05) is 0 Å². The molecule has 1 aliphatic heterocycles. The number of hydrogen-bond donors (Lipinski definition) is 0. The number of carbonyl (C=O) groups is 1. The van der Waals surface area contributed by atoms with Crippen molar-refractivity contribution in [3.63, 3.8) is 0 Å². The molecule has 0 spiro atoms. The number of likely N-dealkylation sites (tertiary alicyclic amines) is 1. The van der Waals surface area contributed by atoms with E-state index in [2.05, 4.69) is 0 Å². The van der Waals surface area contributed by atoms with Crippen molar-refractivity contribution in [2.75, 3.05) is 12.4 Å². The van der Waals surface area contributed by atoms with Gasteiger partial charge in [0, 0.05) is 36.2 Å². The first-order valence-corrected chi connectivity index (χ1v) is 7.19. The van der Waals surface area contributed by atoms with E-state index in [-0.39, 0.29) is 17.6 Å². The highest BCUT2D eigenvalue weighted by molar-refractivity contribution is 6.18. The first kappa shape index (κ1) is 14.8. The van der Waals surface area contributed by atoms with Crippen molar-refractivity contribution >= 4 is 23.2 Å². The number of piperidine rings is 1. The number of benzene rings is 1. The van der Waals surface area contributed by atoms with Crippen molar-refractivity contribution in [3.8, 4) is 0 Å². The zero-order valence-electron chi connectivity index (χ0n) is 11.3. The molecular formula is C14H17ClN2O3. The van der Waals surface area contributed by atoms with Gasteiger partial charge in [-0.05, 0) is 37.8 Å². The Kier molecular flexibility index (Phi) is 4.60. The maximum Gasteiger partial charge on any atom is 0.270 e. The van der Waals surface area contributed by atoms with Gasteiger partial charge < -0.3 is 4.90 Å². The molecular weight excluding hydrogens is 280 g/mol. The van der Waals surface area contributed by atoms with Crippen LogP contribution < -0.4 is 0 Å². The first-order chi connectivity index (χ1) is 9.52. The summed E-state index contributed by atoms with van der Waals surface area (Å²) in [6, 6.07) is 4.52. The number of halogens is 1. The van der Waals surface area contributed by atoms with E-state index < -0.39 is 4.92 Å². The summed E-state index contributed by atoms with van der Waals surface area (Å²) in [6.45, 7) is 2.41. The molecule has 1 heterocycles. The first-order valence-electron chi connectivity index (χ1n) is 6.66. The number of nitro benzene ring substituents is 1. The third kappa shape index (κ3) is 3.10. The van der Waals surface area contributed by atoms with Gasteiger partial charge in [0.1, 0.15) is 0 Å². The van der Waals surface area contributed by atoms with E-state index in [1.165, 1.54) is 12.1 Å². The highest BCUT2D eigenvalue weighted by Gasteiger charge is 2.27. The van der Waals surface area contributed by atoms with Gasteiger partial charge in [0.25, 0.3) is 11.6 Å². The third-order valence-electron chi connectivity index (χ3n) is 3.59. The minimum atomic E-state index is -0.473. The Morgan fingerprint density at radius 1 is 1.45 bits per heavy atom. The SMILES string of the molecule is Cc1cc(C(=O)N2CCCCC2CCl)cc([N+](=O)[O-])c1. The molecule has 1 saturated heterocycles. The quantitative estimate of drug-likeness (QED) is 0.489. The summed E-state index contributed by atoms with van der Waals surface area (Å²) in [7, 11) is 0. The second kappa shape index (κ2) is 6.22. The minimum absolute atomic E-state index is 0.0254. The Labute approximate surface area is 122 Å². The fourth-order valence-corrected chi connectivity index (χ4v) is 2.91. The van der Waals surface area contributed by atoms with E-state index in [0.717, 1.165) is 19.3 Å². The lowest BCUT2D eigenvalue weighted by atomic mass is 10.0. The van der Waals surface area contributed by atoms with Crippen LogP contribution in [0.2, 0.25) is 0 Å². The molecule has 0 saturated carbocycles. The maximum absolute atomic E-state index is 12.5. The van der Waals surface area contributed by atoms with Crippen LogP contribution in [0.25, 0.3) is 0 Å². The Balaban J connectivity index is 2.30. The number of aryl methyl sites for hydroxylation is 1. The third-order valence-corrected chi connectivity index (χ3v) is 3.94. The van der Waals surface area contributed by atoms with Crippen LogP contribution in [0.1, 0.15) is 35.2 Å². The molecule has 0 radical (unpaired) electrons. The Morgan fingerprint density at radius 2 is 2.20 bits per heavy atom. The van der Waals surface area contributed by atoms with Gasteiger partial charge in [-0.3, -0.25) is 14.9 Å². The number of nitro groups is 1. The second-order valence-electron chi connectivity index (χ2n) is 5.12. The van der Waals surface area contributed by atoms with Crippen molar-refractivity contribution in [1.29, 1.82) is 0 Å². The lowest BCUT2D eigenvalue weighted by Crippen LogP contribution is -2.44. The van der Waals surface area contributed by atoms with E-state index in [0.29, 0.717) is 23.6 Å². The molecule has 1 atom stereocenters. The topological polar surface area (TPSA) is 63.5 Å². The predicted molar refractivity (Wildman–Crippen MR) is 77.2 cm³/mol. The summed E-state index contributed by atoms with van der Waals surface area (Å²) in [5, 5.41) is 10.9. The van der Waals surface area contributed by atoms with Crippen LogP contribution in [0, 0.1) is 17.0 Å². The summed E-state index contributed by atoms with van der Waals surface area (Å²) in [5.74, 6) is 0.238. The Hall–Kier alpha value is -1.62. The molecule has 1 amide bonds. The largest absolute Gasteiger partial charge is 0.334 e. The number of rotatable bonds is 3. The Bertz CT molecular complexity index is 533. The average molecular weight is 297 g/mol.